The molecule has 16 heavy (non-hydrogen) atoms. The Labute approximate surface area is 104 Å². The molecule has 0 radical (unpaired) electrons. The summed E-state index contributed by atoms with van der Waals surface area (Å²) in [5.41, 5.74) is 1.81. The SMILES string of the molecule is Brc1cnc2nc(-c3cccnc3)sc2c1. The van der Waals surface area contributed by atoms with Gasteiger partial charge in [-0.2, -0.15) is 0 Å². The molecule has 0 spiro atoms. The molecule has 3 rings (SSSR count). The van der Waals surface area contributed by atoms with E-state index in [1.54, 1.807) is 23.7 Å². The fourth-order valence-electron chi connectivity index (χ4n) is 1.41. The normalized spacial score (nSPS) is 10.8. The molecule has 3 aromatic rings. The molecule has 0 unspecified atom stereocenters. The molecule has 0 saturated heterocycles. The summed E-state index contributed by atoms with van der Waals surface area (Å²) < 4.78 is 2.05. The number of hydrogen-bond acceptors (Lipinski definition) is 4. The molecule has 5 heteroatoms. The summed E-state index contributed by atoms with van der Waals surface area (Å²) in [6.45, 7) is 0. The molecule has 0 fully saturated rings. The molecular formula is C11H6BrN3S. The van der Waals surface area contributed by atoms with Crippen molar-refractivity contribution in [1.29, 1.82) is 0 Å². The average Bonchev–Trinajstić information content (AvgIpc) is 2.73. The van der Waals surface area contributed by atoms with Crippen molar-refractivity contribution in [3.05, 3.63) is 41.3 Å². The van der Waals surface area contributed by atoms with Crippen molar-refractivity contribution in [2.45, 2.75) is 0 Å². The van der Waals surface area contributed by atoms with Gasteiger partial charge in [0, 0.05) is 28.6 Å². The maximum Gasteiger partial charge on any atom is 0.171 e. The lowest BCUT2D eigenvalue weighted by molar-refractivity contribution is 1.29. The third kappa shape index (κ3) is 1.72. The summed E-state index contributed by atoms with van der Waals surface area (Å²) in [5.74, 6) is 0. The van der Waals surface area contributed by atoms with Crippen molar-refractivity contribution >= 4 is 37.6 Å². The van der Waals surface area contributed by atoms with Crippen molar-refractivity contribution in [3.63, 3.8) is 0 Å². The smallest absolute Gasteiger partial charge is 0.171 e. The van der Waals surface area contributed by atoms with Gasteiger partial charge in [-0.25, -0.2) is 9.97 Å². The van der Waals surface area contributed by atoms with Crippen LogP contribution in [0.5, 0.6) is 0 Å². The van der Waals surface area contributed by atoms with Gasteiger partial charge in [-0.15, -0.1) is 11.3 Å². The van der Waals surface area contributed by atoms with Crippen LogP contribution in [0.2, 0.25) is 0 Å². The van der Waals surface area contributed by atoms with E-state index in [4.69, 9.17) is 0 Å². The van der Waals surface area contributed by atoms with Gasteiger partial charge in [0.2, 0.25) is 0 Å². The van der Waals surface area contributed by atoms with E-state index in [9.17, 15) is 0 Å². The van der Waals surface area contributed by atoms with Gasteiger partial charge in [0.1, 0.15) is 5.01 Å². The highest BCUT2D eigenvalue weighted by Gasteiger charge is 2.07. The lowest BCUT2D eigenvalue weighted by Gasteiger charge is -1.91. The van der Waals surface area contributed by atoms with Crippen molar-refractivity contribution in [2.75, 3.05) is 0 Å². The van der Waals surface area contributed by atoms with Crippen LogP contribution in [0.1, 0.15) is 0 Å². The molecule has 0 bridgehead atoms. The highest BCUT2D eigenvalue weighted by molar-refractivity contribution is 9.10. The van der Waals surface area contributed by atoms with E-state index in [-0.39, 0.29) is 0 Å². The fourth-order valence-corrected chi connectivity index (χ4v) is 2.85. The summed E-state index contributed by atoms with van der Waals surface area (Å²) in [4.78, 5) is 12.8. The molecule has 3 nitrogen and oxygen atoms in total. The Balaban J connectivity index is 2.19. The lowest BCUT2D eigenvalue weighted by atomic mass is 10.3. The van der Waals surface area contributed by atoms with E-state index in [2.05, 4.69) is 30.9 Å². The van der Waals surface area contributed by atoms with Crippen molar-refractivity contribution in [2.24, 2.45) is 0 Å². The van der Waals surface area contributed by atoms with Gasteiger partial charge in [-0.05, 0) is 34.1 Å². The molecule has 0 saturated carbocycles. The molecule has 0 aliphatic rings. The van der Waals surface area contributed by atoms with Crippen LogP contribution in [0.3, 0.4) is 0 Å². The van der Waals surface area contributed by atoms with Gasteiger partial charge in [0.15, 0.2) is 5.65 Å². The van der Waals surface area contributed by atoms with Crippen LogP contribution in [0.15, 0.2) is 41.3 Å². The van der Waals surface area contributed by atoms with Crippen molar-refractivity contribution in [1.82, 2.24) is 15.0 Å². The Hall–Kier alpha value is -1.33. The second-order valence-electron chi connectivity index (χ2n) is 3.24. The topological polar surface area (TPSA) is 38.7 Å². The largest absolute Gasteiger partial charge is 0.264 e. The number of aromatic nitrogens is 3. The van der Waals surface area contributed by atoms with E-state index in [1.807, 2.05) is 24.4 Å². The predicted molar refractivity (Wildman–Crippen MR) is 68.3 cm³/mol. The zero-order valence-electron chi connectivity index (χ0n) is 8.09. The van der Waals surface area contributed by atoms with Crippen molar-refractivity contribution in [3.8, 4) is 10.6 Å². The van der Waals surface area contributed by atoms with E-state index in [1.165, 1.54) is 0 Å². The minimum Gasteiger partial charge on any atom is -0.264 e. The highest BCUT2D eigenvalue weighted by atomic mass is 79.9. The monoisotopic (exact) mass is 291 g/mol. The Morgan fingerprint density at radius 1 is 1.25 bits per heavy atom. The van der Waals surface area contributed by atoms with Gasteiger partial charge in [-0.3, -0.25) is 4.98 Å². The molecule has 0 aliphatic heterocycles. The Bertz CT molecular complexity index is 636. The molecule has 0 amide bonds. The molecule has 0 atom stereocenters. The van der Waals surface area contributed by atoms with Crippen LogP contribution in [-0.2, 0) is 0 Å². The molecule has 0 aliphatic carbocycles. The third-order valence-electron chi connectivity index (χ3n) is 2.12. The number of pyridine rings is 2. The number of rotatable bonds is 1. The maximum absolute atomic E-state index is 4.47. The standard InChI is InChI=1S/C11H6BrN3S/c12-8-4-9-10(14-6-8)15-11(16-9)7-2-1-3-13-5-7/h1-6H. The van der Waals surface area contributed by atoms with E-state index in [0.717, 1.165) is 25.4 Å². The van der Waals surface area contributed by atoms with Crippen LogP contribution < -0.4 is 0 Å². The second kappa shape index (κ2) is 3.92. The summed E-state index contributed by atoms with van der Waals surface area (Å²) in [6, 6.07) is 5.93. The average molecular weight is 292 g/mol. The Kier molecular flexibility index (Phi) is 2.41. The highest BCUT2D eigenvalue weighted by Crippen LogP contribution is 2.29. The van der Waals surface area contributed by atoms with Gasteiger partial charge < -0.3 is 0 Å². The Morgan fingerprint density at radius 3 is 3.00 bits per heavy atom. The van der Waals surface area contributed by atoms with Gasteiger partial charge in [0.05, 0.1) is 4.70 Å². The summed E-state index contributed by atoms with van der Waals surface area (Å²) in [5, 5.41) is 0.953. The lowest BCUT2D eigenvalue weighted by Crippen LogP contribution is -1.78. The summed E-state index contributed by atoms with van der Waals surface area (Å²) in [6.07, 6.45) is 5.33. The first-order chi connectivity index (χ1) is 7.83. The summed E-state index contributed by atoms with van der Waals surface area (Å²) in [7, 11) is 0. The van der Waals surface area contributed by atoms with E-state index in [0.29, 0.717) is 0 Å². The van der Waals surface area contributed by atoms with E-state index >= 15 is 0 Å². The van der Waals surface area contributed by atoms with Crippen LogP contribution in [0.25, 0.3) is 20.9 Å². The predicted octanol–water partition coefficient (Wildman–Crippen LogP) is 3.52. The van der Waals surface area contributed by atoms with Gasteiger partial charge in [-0.1, -0.05) is 0 Å². The third-order valence-corrected chi connectivity index (χ3v) is 3.60. The number of thiazole rings is 1. The van der Waals surface area contributed by atoms with Crippen LogP contribution in [-0.4, -0.2) is 15.0 Å². The molecule has 0 aromatic carbocycles. The molecule has 0 N–H and O–H groups in total. The second-order valence-corrected chi connectivity index (χ2v) is 5.18. The first-order valence-electron chi connectivity index (χ1n) is 4.65. The first kappa shape index (κ1) is 9.86. The summed E-state index contributed by atoms with van der Waals surface area (Å²) >= 11 is 5.02. The number of fused-ring (bicyclic) bond motifs is 1. The molecular weight excluding hydrogens is 286 g/mol. The minimum atomic E-state index is 0.784. The van der Waals surface area contributed by atoms with Gasteiger partial charge in [0.25, 0.3) is 0 Å². The molecule has 3 aromatic heterocycles. The fraction of sp³-hybridized carbons (Fsp3) is 0. The first-order valence-corrected chi connectivity index (χ1v) is 6.26. The van der Waals surface area contributed by atoms with Gasteiger partial charge >= 0.3 is 0 Å². The zero-order valence-corrected chi connectivity index (χ0v) is 10.5. The number of halogens is 1. The minimum absolute atomic E-state index is 0.784. The molecule has 3 heterocycles. The number of hydrogen-bond donors (Lipinski definition) is 0. The van der Waals surface area contributed by atoms with Crippen LogP contribution in [0, 0.1) is 0 Å². The zero-order chi connectivity index (χ0) is 11.0. The maximum atomic E-state index is 4.47. The Morgan fingerprint density at radius 2 is 2.19 bits per heavy atom. The molecule has 78 valence electrons. The van der Waals surface area contributed by atoms with Crippen LogP contribution >= 0.6 is 27.3 Å². The number of nitrogens with zero attached hydrogens (tertiary/aromatic N) is 3. The van der Waals surface area contributed by atoms with Crippen LogP contribution in [0.4, 0.5) is 0 Å². The quantitative estimate of drug-likeness (QED) is 0.689. The van der Waals surface area contributed by atoms with Crippen molar-refractivity contribution < 1.29 is 0 Å². The van der Waals surface area contributed by atoms with E-state index < -0.39 is 0 Å².